The quantitative estimate of drug-likeness (QED) is 0.659. The Labute approximate surface area is 126 Å². The normalized spacial score (nSPS) is 15.4. The second-order valence-electron chi connectivity index (χ2n) is 4.81. The molecule has 0 aliphatic carbocycles. The van der Waals surface area contributed by atoms with E-state index in [1.807, 2.05) is 0 Å². The van der Waals surface area contributed by atoms with Crippen LogP contribution in [0.4, 0.5) is 5.69 Å². The van der Waals surface area contributed by atoms with Gasteiger partial charge in [0.15, 0.2) is 0 Å². The average Bonchev–Trinajstić information content (AvgIpc) is 2.52. The molecule has 1 aliphatic heterocycles. The van der Waals surface area contributed by atoms with Crippen molar-refractivity contribution in [2.75, 3.05) is 12.4 Å². The van der Waals surface area contributed by atoms with Crippen LogP contribution in [0.5, 0.6) is 11.5 Å². The fourth-order valence-electron chi connectivity index (χ4n) is 2.29. The third-order valence-corrected chi connectivity index (χ3v) is 3.45. The van der Waals surface area contributed by atoms with Crippen LogP contribution in [-0.2, 0) is 4.79 Å². The van der Waals surface area contributed by atoms with E-state index in [-0.39, 0.29) is 17.1 Å². The number of carbonyl (C=O) groups excluding carboxylic acids is 2. The molecule has 1 heterocycles. The topological polar surface area (TPSA) is 75.6 Å². The fourth-order valence-corrected chi connectivity index (χ4v) is 2.29. The lowest BCUT2D eigenvalue weighted by Gasteiger charge is -2.19. The highest BCUT2D eigenvalue weighted by atomic mass is 16.5. The van der Waals surface area contributed by atoms with Crippen LogP contribution in [0.25, 0.3) is 6.08 Å². The Morgan fingerprint density at radius 2 is 1.91 bits per heavy atom. The van der Waals surface area contributed by atoms with Crippen molar-refractivity contribution in [1.82, 2.24) is 0 Å². The molecule has 0 saturated heterocycles. The van der Waals surface area contributed by atoms with Crippen molar-refractivity contribution in [3.63, 3.8) is 0 Å². The zero-order valence-corrected chi connectivity index (χ0v) is 11.8. The molecular weight excluding hydrogens is 282 g/mol. The number of para-hydroxylation sites is 1. The monoisotopic (exact) mass is 295 g/mol. The molecular formula is C17H13NO4. The lowest BCUT2D eigenvalue weighted by atomic mass is 9.95. The van der Waals surface area contributed by atoms with Gasteiger partial charge >= 0.3 is 0 Å². The van der Waals surface area contributed by atoms with Gasteiger partial charge in [-0.25, -0.2) is 0 Å². The van der Waals surface area contributed by atoms with Gasteiger partial charge in [-0.3, -0.25) is 9.59 Å². The van der Waals surface area contributed by atoms with Gasteiger partial charge in [0.05, 0.1) is 18.4 Å². The molecule has 3 rings (SSSR count). The maximum atomic E-state index is 12.5. The number of rotatable bonds is 2. The average molecular weight is 295 g/mol. The molecule has 1 amide bonds. The summed E-state index contributed by atoms with van der Waals surface area (Å²) in [6, 6.07) is 11.4. The smallest absolute Gasteiger partial charge is 0.259 e. The van der Waals surface area contributed by atoms with E-state index >= 15 is 0 Å². The van der Waals surface area contributed by atoms with Gasteiger partial charge in [-0.1, -0.05) is 18.2 Å². The van der Waals surface area contributed by atoms with Crippen molar-refractivity contribution in [1.29, 1.82) is 0 Å². The second kappa shape index (κ2) is 5.37. The van der Waals surface area contributed by atoms with Gasteiger partial charge in [-0.05, 0) is 24.3 Å². The summed E-state index contributed by atoms with van der Waals surface area (Å²) in [6.07, 6.45) is 1.39. The Balaban J connectivity index is 2.06. The van der Waals surface area contributed by atoms with E-state index in [4.69, 9.17) is 4.74 Å². The number of carbonyl (C=O) groups is 2. The van der Waals surface area contributed by atoms with Gasteiger partial charge in [0, 0.05) is 17.2 Å². The number of Topliss-reactive ketones (excluding diaryl/α,β-unsaturated/α-hetero) is 1. The molecule has 5 nitrogen and oxygen atoms in total. The molecule has 0 bridgehead atoms. The number of phenols is 1. The molecule has 22 heavy (non-hydrogen) atoms. The van der Waals surface area contributed by atoms with Crippen molar-refractivity contribution < 1.29 is 19.4 Å². The lowest BCUT2D eigenvalue weighted by Crippen LogP contribution is -2.27. The number of phenolic OH excluding ortho intramolecular Hbond substituents is 1. The molecule has 0 unspecified atom stereocenters. The number of hydrogen-bond donors (Lipinski definition) is 2. The van der Waals surface area contributed by atoms with Gasteiger partial charge in [0.25, 0.3) is 5.91 Å². The first-order valence-electron chi connectivity index (χ1n) is 6.64. The molecule has 5 heteroatoms. The summed E-state index contributed by atoms with van der Waals surface area (Å²) in [6.45, 7) is 0. The summed E-state index contributed by atoms with van der Waals surface area (Å²) in [5, 5.41) is 12.4. The zero-order chi connectivity index (χ0) is 15.7. The van der Waals surface area contributed by atoms with E-state index in [1.54, 1.807) is 36.4 Å². The molecule has 2 N–H and O–H groups in total. The minimum Gasteiger partial charge on any atom is -0.507 e. The number of ketones is 1. The summed E-state index contributed by atoms with van der Waals surface area (Å²) in [5.41, 5.74) is 1.21. The molecule has 1 aliphatic rings. The summed E-state index contributed by atoms with van der Waals surface area (Å²) in [5.74, 6) is -0.324. The number of nitrogens with one attached hydrogen (secondary N) is 1. The van der Waals surface area contributed by atoms with Crippen molar-refractivity contribution in [2.24, 2.45) is 0 Å². The molecule has 0 spiro atoms. The van der Waals surface area contributed by atoms with Gasteiger partial charge in [-0.2, -0.15) is 0 Å². The largest absolute Gasteiger partial charge is 0.507 e. The third-order valence-electron chi connectivity index (χ3n) is 3.45. The first kappa shape index (κ1) is 13.9. The first-order valence-corrected chi connectivity index (χ1v) is 6.64. The molecule has 2 aromatic rings. The maximum Gasteiger partial charge on any atom is 0.259 e. The molecule has 0 radical (unpaired) electrons. The minimum atomic E-state index is -0.506. The van der Waals surface area contributed by atoms with Crippen LogP contribution in [-0.4, -0.2) is 23.9 Å². The minimum absolute atomic E-state index is 0.0103. The van der Waals surface area contributed by atoms with Gasteiger partial charge in [0.1, 0.15) is 11.5 Å². The number of fused-ring (bicyclic) bond motifs is 1. The van der Waals surface area contributed by atoms with Crippen LogP contribution in [0.1, 0.15) is 15.9 Å². The van der Waals surface area contributed by atoms with Crippen LogP contribution in [0, 0.1) is 0 Å². The first-order chi connectivity index (χ1) is 10.6. The van der Waals surface area contributed by atoms with E-state index in [9.17, 15) is 14.7 Å². The van der Waals surface area contributed by atoms with Gasteiger partial charge in [-0.15, -0.1) is 0 Å². The number of aromatic hydroxyl groups is 1. The standard InChI is InChI=1S/C17H13NO4/c1-22-11-6-7-12-14(9-11)18-17(21)13(16(12)20)8-10-4-2-3-5-15(10)19/h2-9,19H,1H3,(H,18,21)/b13-8-. The Morgan fingerprint density at radius 3 is 2.64 bits per heavy atom. The Bertz CT molecular complexity index is 808. The number of amides is 1. The Hall–Kier alpha value is -3.08. The zero-order valence-electron chi connectivity index (χ0n) is 11.8. The van der Waals surface area contributed by atoms with Gasteiger partial charge < -0.3 is 15.2 Å². The van der Waals surface area contributed by atoms with Crippen molar-refractivity contribution in [3.8, 4) is 11.5 Å². The predicted molar refractivity (Wildman–Crippen MR) is 82.0 cm³/mol. The molecule has 0 fully saturated rings. The molecule has 110 valence electrons. The van der Waals surface area contributed by atoms with E-state index in [0.29, 0.717) is 22.6 Å². The van der Waals surface area contributed by atoms with Crippen LogP contribution in [0.2, 0.25) is 0 Å². The lowest BCUT2D eigenvalue weighted by molar-refractivity contribution is -0.112. The maximum absolute atomic E-state index is 12.5. The summed E-state index contributed by atoms with van der Waals surface area (Å²) >= 11 is 0. The van der Waals surface area contributed by atoms with Crippen molar-refractivity contribution >= 4 is 23.5 Å². The summed E-state index contributed by atoms with van der Waals surface area (Å²) in [4.78, 5) is 24.7. The number of ether oxygens (including phenoxy) is 1. The predicted octanol–water partition coefficient (Wildman–Crippen LogP) is 2.62. The van der Waals surface area contributed by atoms with Crippen LogP contribution in [0.15, 0.2) is 48.0 Å². The number of methoxy groups -OCH3 is 1. The van der Waals surface area contributed by atoms with Crippen molar-refractivity contribution in [3.05, 3.63) is 59.2 Å². The Morgan fingerprint density at radius 1 is 1.14 bits per heavy atom. The Kier molecular flexibility index (Phi) is 3.39. The second-order valence-corrected chi connectivity index (χ2v) is 4.81. The van der Waals surface area contributed by atoms with E-state index < -0.39 is 5.91 Å². The highest BCUT2D eigenvalue weighted by molar-refractivity contribution is 6.36. The molecule has 2 aromatic carbocycles. The SMILES string of the molecule is COc1ccc2c(c1)NC(=O)/C(=C\c1ccccc1O)C2=O. The number of anilines is 1. The number of hydrogen-bond acceptors (Lipinski definition) is 4. The summed E-state index contributed by atoms with van der Waals surface area (Å²) in [7, 11) is 1.51. The molecule has 0 aromatic heterocycles. The fraction of sp³-hybridized carbons (Fsp3) is 0.0588. The van der Waals surface area contributed by atoms with E-state index in [0.717, 1.165) is 0 Å². The van der Waals surface area contributed by atoms with E-state index in [1.165, 1.54) is 19.3 Å². The van der Waals surface area contributed by atoms with Crippen molar-refractivity contribution in [2.45, 2.75) is 0 Å². The van der Waals surface area contributed by atoms with Crippen LogP contribution < -0.4 is 10.1 Å². The molecule has 0 saturated carbocycles. The number of benzene rings is 2. The van der Waals surface area contributed by atoms with E-state index in [2.05, 4.69) is 5.32 Å². The third kappa shape index (κ3) is 2.33. The molecule has 0 atom stereocenters. The highest BCUT2D eigenvalue weighted by Crippen LogP contribution is 2.30. The van der Waals surface area contributed by atoms with Gasteiger partial charge in [0.2, 0.25) is 5.78 Å². The van der Waals surface area contributed by atoms with Crippen LogP contribution in [0.3, 0.4) is 0 Å². The van der Waals surface area contributed by atoms with Crippen LogP contribution >= 0.6 is 0 Å². The highest BCUT2D eigenvalue weighted by Gasteiger charge is 2.28. The summed E-state index contributed by atoms with van der Waals surface area (Å²) < 4.78 is 5.08.